The van der Waals surface area contributed by atoms with Gasteiger partial charge in [-0.3, -0.25) is 0 Å². The first kappa shape index (κ1) is 23.3. The molecule has 1 aliphatic heterocycles. The molecular weight excluding hydrogens is 367 g/mol. The molecule has 0 unspecified atom stereocenters. The Hall–Kier alpha value is -1.99. The van der Waals surface area contributed by atoms with Gasteiger partial charge in [0, 0.05) is 12.2 Å². The van der Waals surface area contributed by atoms with E-state index in [0.29, 0.717) is 0 Å². The van der Waals surface area contributed by atoms with Crippen LogP contribution in [0, 0.1) is 0 Å². The van der Waals surface area contributed by atoms with Crippen LogP contribution < -0.4 is 11.1 Å². The van der Waals surface area contributed by atoms with E-state index in [4.69, 9.17) is 19.8 Å². The van der Waals surface area contributed by atoms with Crippen molar-refractivity contribution in [1.82, 2.24) is 5.32 Å². The topological polar surface area (TPSA) is 82.8 Å². The molecule has 1 aromatic carbocycles. The summed E-state index contributed by atoms with van der Waals surface area (Å²) in [6.07, 6.45) is 2.35. The van der Waals surface area contributed by atoms with E-state index in [1.165, 1.54) is 0 Å². The zero-order valence-electron chi connectivity index (χ0n) is 19.0. The zero-order valence-corrected chi connectivity index (χ0v) is 19.0. The molecular formula is C22H35BN2O4. The van der Waals surface area contributed by atoms with E-state index in [0.717, 1.165) is 28.7 Å². The molecule has 1 amide bonds. The molecule has 0 aromatic heterocycles. The van der Waals surface area contributed by atoms with Crippen LogP contribution in [0.5, 0.6) is 0 Å². The van der Waals surface area contributed by atoms with Crippen molar-refractivity contribution in [1.29, 1.82) is 0 Å². The Kier molecular flexibility index (Phi) is 6.75. The van der Waals surface area contributed by atoms with E-state index < -0.39 is 30.0 Å². The average Bonchev–Trinajstić information content (AvgIpc) is 2.79. The van der Waals surface area contributed by atoms with Crippen LogP contribution in [0.3, 0.4) is 0 Å². The van der Waals surface area contributed by atoms with Crippen molar-refractivity contribution < 1.29 is 18.8 Å². The molecule has 1 saturated heterocycles. The summed E-state index contributed by atoms with van der Waals surface area (Å²) in [6.45, 7) is 15.8. The Labute approximate surface area is 175 Å². The molecule has 0 radical (unpaired) electrons. The summed E-state index contributed by atoms with van der Waals surface area (Å²) in [5.41, 5.74) is 8.16. The molecule has 0 spiro atoms. The number of nitrogens with two attached hydrogens (primary N) is 1. The fraction of sp³-hybridized carbons (Fsp3) is 0.591. The van der Waals surface area contributed by atoms with Gasteiger partial charge >= 0.3 is 13.2 Å². The van der Waals surface area contributed by atoms with Crippen LogP contribution in [0.15, 0.2) is 23.7 Å². The lowest BCUT2D eigenvalue weighted by atomic mass is 9.77. The highest BCUT2D eigenvalue weighted by atomic mass is 16.7. The van der Waals surface area contributed by atoms with Crippen molar-refractivity contribution in [2.24, 2.45) is 0 Å². The number of anilines is 1. The molecule has 3 N–H and O–H groups in total. The second kappa shape index (κ2) is 8.40. The summed E-state index contributed by atoms with van der Waals surface area (Å²) < 4.78 is 17.8. The number of benzene rings is 1. The smallest absolute Gasteiger partial charge is 0.444 e. The van der Waals surface area contributed by atoms with E-state index in [-0.39, 0.29) is 6.54 Å². The van der Waals surface area contributed by atoms with Gasteiger partial charge in [0.05, 0.1) is 11.2 Å². The lowest BCUT2D eigenvalue weighted by Gasteiger charge is -2.32. The Morgan fingerprint density at radius 2 is 1.79 bits per heavy atom. The van der Waals surface area contributed by atoms with E-state index >= 15 is 0 Å². The van der Waals surface area contributed by atoms with Crippen LogP contribution in [0.2, 0.25) is 0 Å². The summed E-state index contributed by atoms with van der Waals surface area (Å²) in [5.74, 6) is 0. The number of ether oxygens (including phenoxy) is 1. The van der Waals surface area contributed by atoms with Gasteiger partial charge in [-0.25, -0.2) is 4.79 Å². The van der Waals surface area contributed by atoms with Gasteiger partial charge < -0.3 is 25.1 Å². The zero-order chi connectivity index (χ0) is 22.0. The number of hydrogen-bond donors (Lipinski definition) is 2. The first-order chi connectivity index (χ1) is 13.2. The third kappa shape index (κ3) is 6.00. The van der Waals surface area contributed by atoms with E-state index in [2.05, 4.69) is 12.2 Å². The van der Waals surface area contributed by atoms with Crippen molar-refractivity contribution in [3.05, 3.63) is 34.8 Å². The van der Waals surface area contributed by atoms with Gasteiger partial charge in [0.2, 0.25) is 0 Å². The molecule has 0 bridgehead atoms. The highest BCUT2D eigenvalue weighted by Crippen LogP contribution is 2.38. The number of aryl methyl sites for hydroxylation is 1. The number of carbonyl (C=O) groups is 1. The molecule has 6 nitrogen and oxygen atoms in total. The third-order valence-corrected chi connectivity index (χ3v) is 5.29. The van der Waals surface area contributed by atoms with Crippen molar-refractivity contribution >= 4 is 25.0 Å². The molecule has 1 fully saturated rings. The van der Waals surface area contributed by atoms with E-state index in [1.54, 1.807) is 0 Å². The second-order valence-corrected chi connectivity index (χ2v) is 9.47. The average molecular weight is 402 g/mol. The van der Waals surface area contributed by atoms with Gasteiger partial charge in [0.15, 0.2) is 0 Å². The number of amides is 1. The number of carbonyl (C=O) groups excluding carboxylic acids is 1. The summed E-state index contributed by atoms with van der Waals surface area (Å²) >= 11 is 0. The molecule has 1 aliphatic rings. The van der Waals surface area contributed by atoms with Crippen LogP contribution in [-0.4, -0.2) is 36.6 Å². The van der Waals surface area contributed by atoms with Crippen LogP contribution in [0.1, 0.15) is 66.5 Å². The van der Waals surface area contributed by atoms with Crippen molar-refractivity contribution in [3.8, 4) is 0 Å². The standard InChI is InChI=1S/C22H35BN2O4/c1-9-16-12-15(10-11-18(16)24)13-17(14-25-19(26)27-20(2,3)4)23-28-21(5,6)22(7,8)29-23/h10-13H,9,14,24H2,1-8H3,(H,25,26). The molecule has 0 atom stereocenters. The van der Waals surface area contributed by atoms with Crippen molar-refractivity contribution in [3.63, 3.8) is 0 Å². The highest BCUT2D eigenvalue weighted by Gasteiger charge is 2.52. The molecule has 1 aromatic rings. The van der Waals surface area contributed by atoms with E-state index in [9.17, 15) is 4.79 Å². The Bertz CT molecular complexity index is 766. The van der Waals surface area contributed by atoms with Gasteiger partial charge in [0.1, 0.15) is 5.60 Å². The number of nitrogens with one attached hydrogen (secondary N) is 1. The van der Waals surface area contributed by atoms with Crippen LogP contribution >= 0.6 is 0 Å². The van der Waals surface area contributed by atoms with Crippen molar-refractivity contribution in [2.75, 3.05) is 12.3 Å². The van der Waals surface area contributed by atoms with Crippen LogP contribution in [0.4, 0.5) is 10.5 Å². The Morgan fingerprint density at radius 3 is 2.31 bits per heavy atom. The van der Waals surface area contributed by atoms with Gasteiger partial charge in [-0.15, -0.1) is 0 Å². The largest absolute Gasteiger partial charge is 0.492 e. The number of nitrogen functional groups attached to an aromatic ring is 1. The maximum absolute atomic E-state index is 12.2. The lowest BCUT2D eigenvalue weighted by molar-refractivity contribution is 0.00578. The monoisotopic (exact) mass is 402 g/mol. The summed E-state index contributed by atoms with van der Waals surface area (Å²) in [5, 5.41) is 2.82. The number of alkyl carbamates (subject to hydrolysis) is 1. The number of rotatable bonds is 5. The summed E-state index contributed by atoms with van der Waals surface area (Å²) in [4.78, 5) is 12.2. The molecule has 160 valence electrons. The first-order valence-corrected chi connectivity index (χ1v) is 10.2. The molecule has 2 rings (SSSR count). The van der Waals surface area contributed by atoms with Crippen LogP contribution in [0.25, 0.3) is 6.08 Å². The quantitative estimate of drug-likeness (QED) is 0.565. The molecule has 29 heavy (non-hydrogen) atoms. The molecule has 1 heterocycles. The van der Waals surface area contributed by atoms with Gasteiger partial charge in [-0.1, -0.05) is 19.1 Å². The predicted molar refractivity (Wildman–Crippen MR) is 119 cm³/mol. The second-order valence-electron chi connectivity index (χ2n) is 9.47. The minimum absolute atomic E-state index is 0.248. The lowest BCUT2D eigenvalue weighted by Crippen LogP contribution is -2.41. The number of hydrogen-bond acceptors (Lipinski definition) is 5. The van der Waals surface area contributed by atoms with Gasteiger partial charge in [-0.2, -0.15) is 0 Å². The molecule has 0 saturated carbocycles. The fourth-order valence-corrected chi connectivity index (χ4v) is 2.92. The maximum Gasteiger partial charge on any atom is 0.492 e. The summed E-state index contributed by atoms with van der Waals surface area (Å²) in [7, 11) is -0.572. The molecule has 0 aliphatic carbocycles. The van der Waals surface area contributed by atoms with Gasteiger partial charge in [0.25, 0.3) is 0 Å². The molecule has 7 heteroatoms. The third-order valence-electron chi connectivity index (χ3n) is 5.29. The van der Waals surface area contributed by atoms with Gasteiger partial charge in [-0.05, 0) is 83.6 Å². The summed E-state index contributed by atoms with van der Waals surface area (Å²) in [6, 6.07) is 5.90. The highest BCUT2D eigenvalue weighted by molar-refractivity contribution is 6.56. The van der Waals surface area contributed by atoms with E-state index in [1.807, 2.05) is 72.7 Å². The van der Waals surface area contributed by atoms with Crippen LogP contribution in [-0.2, 0) is 20.5 Å². The SMILES string of the molecule is CCc1cc(C=C(CNC(=O)OC(C)(C)C)B2OC(C)(C)C(C)(C)O2)ccc1N. The minimum Gasteiger partial charge on any atom is -0.444 e. The Balaban J connectivity index is 2.30. The first-order valence-electron chi connectivity index (χ1n) is 10.2. The fourth-order valence-electron chi connectivity index (χ4n) is 2.92. The normalized spacial score (nSPS) is 18.6. The van der Waals surface area contributed by atoms with Crippen molar-refractivity contribution in [2.45, 2.75) is 78.6 Å². The Morgan fingerprint density at radius 1 is 1.21 bits per heavy atom. The predicted octanol–water partition coefficient (Wildman–Crippen LogP) is 4.37. The minimum atomic E-state index is -0.572. The maximum atomic E-state index is 12.2.